The maximum Gasteiger partial charge on any atom is 0.254 e. The number of aromatic nitrogens is 3. The van der Waals surface area contributed by atoms with Crippen molar-refractivity contribution < 1.29 is 9.18 Å². The van der Waals surface area contributed by atoms with Crippen molar-refractivity contribution in [3.8, 4) is 0 Å². The Bertz CT molecular complexity index is 1190. The monoisotopic (exact) mass is 407 g/mol. The molecule has 0 aliphatic carbocycles. The van der Waals surface area contributed by atoms with Crippen LogP contribution in [0, 0.1) is 12.7 Å². The smallest absolute Gasteiger partial charge is 0.254 e. The second kappa shape index (κ2) is 7.04. The fourth-order valence-electron chi connectivity index (χ4n) is 3.68. The molecule has 1 aliphatic heterocycles. The molecule has 5 rings (SSSR count). The number of nitrogens with zero attached hydrogens (tertiary/aromatic N) is 5. The molecule has 1 saturated heterocycles. The van der Waals surface area contributed by atoms with Gasteiger partial charge in [0.25, 0.3) is 5.91 Å². The summed E-state index contributed by atoms with van der Waals surface area (Å²) >= 11 is 1.57. The van der Waals surface area contributed by atoms with Crippen molar-refractivity contribution in [2.75, 3.05) is 31.1 Å². The Labute approximate surface area is 170 Å². The van der Waals surface area contributed by atoms with Gasteiger partial charge >= 0.3 is 0 Å². The van der Waals surface area contributed by atoms with Gasteiger partial charge in [-0.05, 0) is 37.3 Å². The third kappa shape index (κ3) is 3.29. The van der Waals surface area contributed by atoms with E-state index < -0.39 is 0 Å². The number of hydrogen-bond donors (Lipinski definition) is 0. The molecule has 0 N–H and O–H groups in total. The molecule has 4 heterocycles. The number of benzene rings is 1. The Morgan fingerprint density at radius 2 is 1.90 bits per heavy atom. The predicted octanol–water partition coefficient (Wildman–Crippen LogP) is 3.65. The van der Waals surface area contributed by atoms with E-state index in [2.05, 4.69) is 19.9 Å². The molecule has 0 radical (unpaired) electrons. The van der Waals surface area contributed by atoms with Crippen molar-refractivity contribution in [1.82, 2.24) is 19.9 Å². The van der Waals surface area contributed by atoms with Gasteiger partial charge in [0.2, 0.25) is 0 Å². The zero-order chi connectivity index (χ0) is 20.0. The van der Waals surface area contributed by atoms with Crippen LogP contribution in [0.15, 0.2) is 42.6 Å². The van der Waals surface area contributed by atoms with Crippen LogP contribution >= 0.6 is 11.3 Å². The summed E-state index contributed by atoms with van der Waals surface area (Å²) in [5.74, 6) is -0.398. The van der Waals surface area contributed by atoms with E-state index in [0.29, 0.717) is 48.3 Å². The van der Waals surface area contributed by atoms with Crippen molar-refractivity contribution in [1.29, 1.82) is 0 Å². The topological polar surface area (TPSA) is 62.2 Å². The van der Waals surface area contributed by atoms with E-state index in [1.54, 1.807) is 29.7 Å². The number of halogens is 1. The highest BCUT2D eigenvalue weighted by molar-refractivity contribution is 7.21. The molecule has 1 aromatic carbocycles. The van der Waals surface area contributed by atoms with Gasteiger partial charge in [0.1, 0.15) is 16.2 Å². The fourth-order valence-corrected chi connectivity index (χ4v) is 4.64. The highest BCUT2D eigenvalue weighted by Crippen LogP contribution is 2.28. The molecule has 3 aromatic heterocycles. The lowest BCUT2D eigenvalue weighted by Gasteiger charge is -2.34. The molecule has 0 bridgehead atoms. The highest BCUT2D eigenvalue weighted by Gasteiger charge is 2.25. The summed E-state index contributed by atoms with van der Waals surface area (Å²) in [6, 6.07) is 10.0. The van der Waals surface area contributed by atoms with E-state index in [-0.39, 0.29) is 11.7 Å². The molecule has 6 nitrogen and oxygen atoms in total. The van der Waals surface area contributed by atoms with Gasteiger partial charge in [0.05, 0.1) is 11.1 Å². The van der Waals surface area contributed by atoms with Crippen molar-refractivity contribution in [2.24, 2.45) is 0 Å². The van der Waals surface area contributed by atoms with E-state index in [4.69, 9.17) is 0 Å². The van der Waals surface area contributed by atoms with E-state index in [1.807, 2.05) is 24.0 Å². The van der Waals surface area contributed by atoms with Crippen molar-refractivity contribution >= 4 is 43.6 Å². The van der Waals surface area contributed by atoms with Gasteiger partial charge < -0.3 is 9.80 Å². The summed E-state index contributed by atoms with van der Waals surface area (Å²) < 4.78 is 13.6. The Kier molecular flexibility index (Phi) is 4.35. The van der Waals surface area contributed by atoms with Crippen LogP contribution in [0.3, 0.4) is 0 Å². The number of hydrogen-bond acceptors (Lipinski definition) is 6. The fraction of sp³-hybridized carbons (Fsp3) is 0.238. The first-order valence-corrected chi connectivity index (χ1v) is 10.2. The SMILES string of the molecule is Cc1cc(C(=O)N2CCN(c3nc4cccnc4s3)CC2)c2ccc(F)cc2n1. The lowest BCUT2D eigenvalue weighted by atomic mass is 10.1. The third-order valence-corrected chi connectivity index (χ3v) is 6.16. The number of anilines is 1. The van der Waals surface area contributed by atoms with Crippen LogP contribution in [-0.4, -0.2) is 51.9 Å². The van der Waals surface area contributed by atoms with Crippen molar-refractivity contribution in [3.05, 3.63) is 59.7 Å². The zero-order valence-electron chi connectivity index (χ0n) is 15.8. The summed E-state index contributed by atoms with van der Waals surface area (Å²) in [4.78, 5) is 31.5. The maximum atomic E-state index is 13.6. The Hall–Kier alpha value is -3.13. The number of aryl methyl sites for hydroxylation is 1. The van der Waals surface area contributed by atoms with Crippen molar-refractivity contribution in [2.45, 2.75) is 6.92 Å². The first-order valence-electron chi connectivity index (χ1n) is 9.41. The van der Waals surface area contributed by atoms with Crippen LogP contribution in [0.25, 0.3) is 21.3 Å². The Balaban J connectivity index is 1.37. The predicted molar refractivity (Wildman–Crippen MR) is 112 cm³/mol. The molecule has 1 aliphatic rings. The highest BCUT2D eigenvalue weighted by atomic mass is 32.1. The van der Waals surface area contributed by atoms with Crippen LogP contribution in [0.4, 0.5) is 9.52 Å². The quantitative estimate of drug-likeness (QED) is 0.508. The summed E-state index contributed by atoms with van der Waals surface area (Å²) in [5, 5.41) is 1.62. The second-order valence-corrected chi connectivity index (χ2v) is 8.03. The Morgan fingerprint density at radius 1 is 1.07 bits per heavy atom. The van der Waals surface area contributed by atoms with E-state index in [0.717, 1.165) is 15.5 Å². The molecule has 0 saturated carbocycles. The minimum absolute atomic E-state index is 0.0438. The lowest BCUT2D eigenvalue weighted by Crippen LogP contribution is -2.48. The molecule has 146 valence electrons. The average Bonchev–Trinajstić information content (AvgIpc) is 3.17. The van der Waals surface area contributed by atoms with Crippen molar-refractivity contribution in [3.63, 3.8) is 0 Å². The van der Waals surface area contributed by atoms with E-state index >= 15 is 0 Å². The molecular weight excluding hydrogens is 389 g/mol. The minimum atomic E-state index is -0.354. The first-order chi connectivity index (χ1) is 14.1. The lowest BCUT2D eigenvalue weighted by molar-refractivity contribution is 0.0748. The molecule has 0 atom stereocenters. The number of amides is 1. The molecule has 4 aromatic rings. The number of thiazole rings is 1. The van der Waals surface area contributed by atoms with Gasteiger partial charge in [-0.1, -0.05) is 11.3 Å². The van der Waals surface area contributed by atoms with Gasteiger partial charge in [-0.3, -0.25) is 9.78 Å². The normalized spacial score (nSPS) is 14.7. The largest absolute Gasteiger partial charge is 0.344 e. The van der Waals surface area contributed by atoms with Crippen LogP contribution < -0.4 is 4.90 Å². The number of carbonyl (C=O) groups excluding carboxylic acids is 1. The molecule has 1 amide bonds. The van der Waals surface area contributed by atoms with Crippen LogP contribution in [-0.2, 0) is 0 Å². The van der Waals surface area contributed by atoms with Gasteiger partial charge in [0, 0.05) is 49.5 Å². The molecule has 0 unspecified atom stereocenters. The Morgan fingerprint density at radius 3 is 2.69 bits per heavy atom. The standard InChI is InChI=1S/C21H18FN5OS/c1-13-11-16(15-5-4-14(22)12-18(15)24-13)20(28)26-7-9-27(10-8-26)21-25-17-3-2-6-23-19(17)29-21/h2-6,11-12H,7-10H2,1H3. The second-order valence-electron chi connectivity index (χ2n) is 7.08. The molecule has 29 heavy (non-hydrogen) atoms. The van der Waals surface area contributed by atoms with Gasteiger partial charge in [0.15, 0.2) is 5.13 Å². The molecule has 8 heteroatoms. The summed E-state index contributed by atoms with van der Waals surface area (Å²) in [6.45, 7) is 4.45. The van der Waals surface area contributed by atoms with Crippen LogP contribution in [0.1, 0.15) is 16.1 Å². The van der Waals surface area contributed by atoms with E-state index in [1.165, 1.54) is 12.1 Å². The number of piperazine rings is 1. The maximum absolute atomic E-state index is 13.6. The number of rotatable bonds is 2. The van der Waals surface area contributed by atoms with Gasteiger partial charge in [-0.2, -0.15) is 0 Å². The summed E-state index contributed by atoms with van der Waals surface area (Å²) in [5.41, 5.74) is 2.68. The van der Waals surface area contributed by atoms with E-state index in [9.17, 15) is 9.18 Å². The number of carbonyl (C=O) groups is 1. The number of pyridine rings is 2. The number of fused-ring (bicyclic) bond motifs is 2. The van der Waals surface area contributed by atoms with Gasteiger partial charge in [-0.25, -0.2) is 14.4 Å². The summed E-state index contributed by atoms with van der Waals surface area (Å²) in [7, 11) is 0. The third-order valence-electron chi connectivity index (χ3n) is 5.12. The summed E-state index contributed by atoms with van der Waals surface area (Å²) in [6.07, 6.45) is 1.77. The van der Waals surface area contributed by atoms with Crippen LogP contribution in [0.2, 0.25) is 0 Å². The minimum Gasteiger partial charge on any atom is -0.344 e. The molecular formula is C21H18FN5OS. The van der Waals surface area contributed by atoms with Crippen LogP contribution in [0.5, 0.6) is 0 Å². The average molecular weight is 407 g/mol. The molecule has 0 spiro atoms. The van der Waals surface area contributed by atoms with Gasteiger partial charge in [-0.15, -0.1) is 0 Å². The first kappa shape index (κ1) is 17.9. The zero-order valence-corrected chi connectivity index (χ0v) is 16.6. The molecule has 1 fully saturated rings.